The number of aliphatic hydroxyl groups excluding tert-OH is 1. The molecular formula is C12H14BrN3O. The molecule has 0 radical (unpaired) electrons. The van der Waals surface area contributed by atoms with Gasteiger partial charge in [0.05, 0.1) is 39.5 Å². The van der Waals surface area contributed by atoms with Crippen molar-refractivity contribution in [1.29, 1.82) is 0 Å². The Kier molecular flexibility index (Phi) is 3.31. The number of aromatic nitrogens is 3. The largest absolute Gasteiger partial charge is 0.387 e. The summed E-state index contributed by atoms with van der Waals surface area (Å²) in [6.07, 6.45) is 1.17. The fourth-order valence-electron chi connectivity index (χ4n) is 1.64. The van der Waals surface area contributed by atoms with Crippen molar-refractivity contribution in [2.45, 2.75) is 26.9 Å². The molecule has 0 aromatic carbocycles. The number of aliphatic hydroxyl groups is 1. The van der Waals surface area contributed by atoms with Crippen molar-refractivity contribution in [2.75, 3.05) is 0 Å². The van der Waals surface area contributed by atoms with Crippen LogP contribution in [0.25, 0.3) is 5.69 Å². The van der Waals surface area contributed by atoms with Crippen LogP contribution in [0.1, 0.15) is 30.1 Å². The molecule has 90 valence electrons. The van der Waals surface area contributed by atoms with Gasteiger partial charge in [-0.05, 0) is 48.8 Å². The second-order valence-electron chi connectivity index (χ2n) is 4.01. The Balaban J connectivity index is 2.43. The maximum absolute atomic E-state index is 9.40. The Morgan fingerprint density at radius 1 is 1.35 bits per heavy atom. The van der Waals surface area contributed by atoms with E-state index >= 15 is 0 Å². The summed E-state index contributed by atoms with van der Waals surface area (Å²) in [6.45, 7) is 5.64. The second kappa shape index (κ2) is 4.58. The van der Waals surface area contributed by atoms with Crippen molar-refractivity contribution in [3.8, 4) is 5.69 Å². The lowest BCUT2D eigenvalue weighted by atomic mass is 10.2. The minimum Gasteiger partial charge on any atom is -0.387 e. The van der Waals surface area contributed by atoms with Gasteiger partial charge in [-0.25, -0.2) is 4.68 Å². The summed E-state index contributed by atoms with van der Waals surface area (Å²) in [5.41, 5.74) is 3.53. The first-order valence-electron chi connectivity index (χ1n) is 5.37. The molecule has 5 heteroatoms. The Labute approximate surface area is 108 Å². The van der Waals surface area contributed by atoms with Gasteiger partial charge in [0.1, 0.15) is 0 Å². The highest BCUT2D eigenvalue weighted by atomic mass is 79.9. The van der Waals surface area contributed by atoms with E-state index in [0.29, 0.717) is 5.69 Å². The van der Waals surface area contributed by atoms with Crippen LogP contribution in [0, 0.1) is 13.8 Å². The minimum atomic E-state index is -0.545. The normalized spacial score (nSPS) is 12.8. The number of pyridine rings is 1. The van der Waals surface area contributed by atoms with Crippen LogP contribution in [-0.2, 0) is 0 Å². The number of aryl methyl sites for hydroxylation is 1. The number of halogens is 1. The number of hydrogen-bond donors (Lipinski definition) is 1. The first-order valence-corrected chi connectivity index (χ1v) is 6.16. The zero-order valence-corrected chi connectivity index (χ0v) is 11.6. The third-order valence-corrected chi connectivity index (χ3v) is 3.79. The quantitative estimate of drug-likeness (QED) is 0.927. The van der Waals surface area contributed by atoms with Gasteiger partial charge >= 0.3 is 0 Å². The third-order valence-electron chi connectivity index (χ3n) is 2.65. The summed E-state index contributed by atoms with van der Waals surface area (Å²) in [5.74, 6) is 0. The maximum atomic E-state index is 9.40. The average molecular weight is 296 g/mol. The molecular weight excluding hydrogens is 282 g/mol. The standard InChI is InChI=1S/C12H14BrN3O/c1-7-12(13)8(2)16(15-7)10-4-5-11(9(3)17)14-6-10/h4-6,9,17H,1-3H3. The van der Waals surface area contributed by atoms with E-state index in [-0.39, 0.29) is 0 Å². The summed E-state index contributed by atoms with van der Waals surface area (Å²) >= 11 is 3.49. The first kappa shape index (κ1) is 12.3. The highest BCUT2D eigenvalue weighted by molar-refractivity contribution is 9.10. The van der Waals surface area contributed by atoms with E-state index in [1.165, 1.54) is 0 Å². The molecule has 2 rings (SSSR count). The van der Waals surface area contributed by atoms with E-state index in [2.05, 4.69) is 26.0 Å². The van der Waals surface area contributed by atoms with Gasteiger partial charge in [0.2, 0.25) is 0 Å². The van der Waals surface area contributed by atoms with Gasteiger partial charge < -0.3 is 5.11 Å². The topological polar surface area (TPSA) is 50.9 Å². The fraction of sp³-hybridized carbons (Fsp3) is 0.333. The van der Waals surface area contributed by atoms with Crippen molar-refractivity contribution in [3.63, 3.8) is 0 Å². The molecule has 1 atom stereocenters. The zero-order valence-electron chi connectivity index (χ0n) is 9.98. The SMILES string of the molecule is Cc1nn(-c2ccc(C(C)O)nc2)c(C)c1Br. The highest BCUT2D eigenvalue weighted by Gasteiger charge is 2.11. The third kappa shape index (κ3) is 2.25. The maximum Gasteiger partial charge on any atom is 0.0931 e. The van der Waals surface area contributed by atoms with E-state index in [1.807, 2.05) is 30.7 Å². The van der Waals surface area contributed by atoms with E-state index in [1.54, 1.807) is 13.1 Å². The molecule has 0 fully saturated rings. The monoisotopic (exact) mass is 295 g/mol. The van der Waals surface area contributed by atoms with Crippen LogP contribution in [-0.4, -0.2) is 19.9 Å². The van der Waals surface area contributed by atoms with Gasteiger partial charge in [-0.1, -0.05) is 0 Å². The first-order chi connectivity index (χ1) is 8.00. The molecule has 17 heavy (non-hydrogen) atoms. The fourth-order valence-corrected chi connectivity index (χ4v) is 1.89. The Bertz CT molecular complexity index is 531. The van der Waals surface area contributed by atoms with Crippen LogP contribution in [0.2, 0.25) is 0 Å². The Morgan fingerprint density at radius 2 is 2.06 bits per heavy atom. The zero-order chi connectivity index (χ0) is 12.6. The Morgan fingerprint density at radius 3 is 2.47 bits per heavy atom. The molecule has 0 bridgehead atoms. The molecule has 1 N–H and O–H groups in total. The van der Waals surface area contributed by atoms with E-state index < -0.39 is 6.10 Å². The van der Waals surface area contributed by atoms with Crippen molar-refractivity contribution in [2.24, 2.45) is 0 Å². The molecule has 4 nitrogen and oxygen atoms in total. The molecule has 2 aromatic heterocycles. The van der Waals surface area contributed by atoms with Gasteiger partial charge in [-0.3, -0.25) is 4.98 Å². The van der Waals surface area contributed by atoms with Crippen LogP contribution >= 0.6 is 15.9 Å². The molecule has 0 saturated heterocycles. The number of hydrogen-bond acceptors (Lipinski definition) is 3. The van der Waals surface area contributed by atoms with Gasteiger partial charge in [0.15, 0.2) is 0 Å². The van der Waals surface area contributed by atoms with E-state index in [0.717, 1.165) is 21.5 Å². The van der Waals surface area contributed by atoms with Crippen LogP contribution in [0.15, 0.2) is 22.8 Å². The molecule has 0 amide bonds. The summed E-state index contributed by atoms with van der Waals surface area (Å²) in [6, 6.07) is 3.71. The molecule has 0 aliphatic carbocycles. The minimum absolute atomic E-state index is 0.545. The predicted octanol–water partition coefficient (Wildman–Crippen LogP) is 2.70. The molecule has 0 spiro atoms. The molecule has 0 saturated carbocycles. The van der Waals surface area contributed by atoms with Crippen molar-refractivity contribution < 1.29 is 5.11 Å². The highest BCUT2D eigenvalue weighted by Crippen LogP contribution is 2.23. The molecule has 0 aliphatic rings. The van der Waals surface area contributed by atoms with Crippen LogP contribution < -0.4 is 0 Å². The van der Waals surface area contributed by atoms with Crippen molar-refractivity contribution in [3.05, 3.63) is 39.9 Å². The molecule has 2 heterocycles. The summed E-state index contributed by atoms with van der Waals surface area (Å²) < 4.78 is 2.84. The lowest BCUT2D eigenvalue weighted by molar-refractivity contribution is 0.194. The summed E-state index contributed by atoms with van der Waals surface area (Å²) in [4.78, 5) is 4.21. The number of nitrogens with zero attached hydrogens (tertiary/aromatic N) is 3. The number of rotatable bonds is 2. The van der Waals surface area contributed by atoms with E-state index in [9.17, 15) is 5.11 Å². The van der Waals surface area contributed by atoms with Crippen LogP contribution in [0.3, 0.4) is 0 Å². The van der Waals surface area contributed by atoms with E-state index in [4.69, 9.17) is 0 Å². The van der Waals surface area contributed by atoms with Crippen molar-refractivity contribution >= 4 is 15.9 Å². The summed E-state index contributed by atoms with van der Waals surface area (Å²) in [7, 11) is 0. The molecule has 1 unspecified atom stereocenters. The van der Waals surface area contributed by atoms with Gasteiger partial charge in [0, 0.05) is 0 Å². The van der Waals surface area contributed by atoms with Crippen molar-refractivity contribution in [1.82, 2.24) is 14.8 Å². The van der Waals surface area contributed by atoms with Crippen LogP contribution in [0.4, 0.5) is 0 Å². The van der Waals surface area contributed by atoms with Gasteiger partial charge in [0.25, 0.3) is 0 Å². The molecule has 2 aromatic rings. The molecule has 0 aliphatic heterocycles. The van der Waals surface area contributed by atoms with Gasteiger partial charge in [-0.2, -0.15) is 5.10 Å². The second-order valence-corrected chi connectivity index (χ2v) is 4.81. The van der Waals surface area contributed by atoms with Gasteiger partial charge in [-0.15, -0.1) is 0 Å². The van der Waals surface area contributed by atoms with Crippen LogP contribution in [0.5, 0.6) is 0 Å². The average Bonchev–Trinajstić information content (AvgIpc) is 2.57. The predicted molar refractivity (Wildman–Crippen MR) is 69.2 cm³/mol. The summed E-state index contributed by atoms with van der Waals surface area (Å²) in [5, 5.41) is 13.8. The smallest absolute Gasteiger partial charge is 0.0931 e. The lowest BCUT2D eigenvalue weighted by Gasteiger charge is -2.06. The lowest BCUT2D eigenvalue weighted by Crippen LogP contribution is -2.02. The Hall–Kier alpha value is -1.20.